The number of hydrogen-bond donors (Lipinski definition) is 2. The highest BCUT2D eigenvalue weighted by Crippen LogP contribution is 2.26. The third-order valence-corrected chi connectivity index (χ3v) is 7.05. The predicted octanol–water partition coefficient (Wildman–Crippen LogP) is 5.82. The Morgan fingerprint density at radius 1 is 1.06 bits per heavy atom. The van der Waals surface area contributed by atoms with Gasteiger partial charge in [-0.05, 0) is 43.5 Å². The number of aromatic nitrogens is 3. The van der Waals surface area contributed by atoms with Crippen LogP contribution in [0.1, 0.15) is 71.1 Å². The van der Waals surface area contributed by atoms with E-state index in [-0.39, 0.29) is 17.7 Å². The molecule has 1 fully saturated rings. The smallest absolute Gasteiger partial charge is 0.321 e. The van der Waals surface area contributed by atoms with E-state index in [4.69, 9.17) is 11.6 Å². The van der Waals surface area contributed by atoms with Crippen LogP contribution in [0.2, 0.25) is 5.02 Å². The van der Waals surface area contributed by atoms with Crippen molar-refractivity contribution in [2.75, 3.05) is 5.75 Å². The lowest BCUT2D eigenvalue weighted by Crippen LogP contribution is -2.44. The topological polar surface area (TPSA) is 88.9 Å². The number of amides is 3. The molecule has 1 aromatic carbocycles. The van der Waals surface area contributed by atoms with Gasteiger partial charge in [0.15, 0.2) is 11.0 Å². The van der Waals surface area contributed by atoms with Gasteiger partial charge < -0.3 is 9.88 Å². The fourth-order valence-corrected chi connectivity index (χ4v) is 4.93. The number of nitrogens with one attached hydrogen (secondary N) is 2. The second-order valence-electron chi connectivity index (χ2n) is 8.52. The predicted molar refractivity (Wildman–Crippen MR) is 133 cm³/mol. The molecule has 0 bridgehead atoms. The van der Waals surface area contributed by atoms with E-state index in [1.54, 1.807) is 0 Å². The van der Waals surface area contributed by atoms with E-state index in [0.29, 0.717) is 10.2 Å². The summed E-state index contributed by atoms with van der Waals surface area (Å²) in [5.41, 5.74) is 0.935. The van der Waals surface area contributed by atoms with Gasteiger partial charge in [0.2, 0.25) is 5.91 Å². The molecule has 3 rings (SSSR count). The number of rotatable bonds is 12. The van der Waals surface area contributed by atoms with Crippen LogP contribution in [-0.4, -0.2) is 38.5 Å². The van der Waals surface area contributed by atoms with Crippen LogP contribution >= 0.6 is 23.4 Å². The molecule has 9 heteroatoms. The van der Waals surface area contributed by atoms with Crippen LogP contribution < -0.4 is 10.6 Å². The molecule has 0 atom stereocenters. The number of carbonyl (C=O) groups is 2. The van der Waals surface area contributed by atoms with E-state index in [9.17, 15) is 9.59 Å². The molecule has 1 aliphatic carbocycles. The highest BCUT2D eigenvalue weighted by Gasteiger charge is 2.19. The van der Waals surface area contributed by atoms with Gasteiger partial charge in [0.1, 0.15) is 0 Å². The van der Waals surface area contributed by atoms with Gasteiger partial charge in [0.05, 0.1) is 5.75 Å². The van der Waals surface area contributed by atoms with Gasteiger partial charge in [0.25, 0.3) is 0 Å². The monoisotopic (exact) mass is 491 g/mol. The molecule has 3 amide bonds. The fraction of sp³-hybridized carbons (Fsp3) is 0.583. The number of nitrogens with zero attached hydrogens (tertiary/aromatic N) is 3. The average Bonchev–Trinajstić information content (AvgIpc) is 3.45. The van der Waals surface area contributed by atoms with Gasteiger partial charge in [-0.3, -0.25) is 10.1 Å². The molecule has 0 spiro atoms. The number of unbranched alkanes of at least 4 members (excludes halogenated alkanes) is 5. The third-order valence-electron chi connectivity index (χ3n) is 5.83. The number of imide groups is 1. The zero-order valence-electron chi connectivity index (χ0n) is 19.3. The largest absolute Gasteiger partial charge is 0.335 e. The number of thioether (sulfide) groups is 1. The molecule has 0 radical (unpaired) electrons. The molecule has 7 nitrogen and oxygen atoms in total. The maximum atomic E-state index is 12.3. The molecule has 0 aliphatic heterocycles. The van der Waals surface area contributed by atoms with Gasteiger partial charge in [-0.25, -0.2) is 4.79 Å². The molecular formula is C24H34ClN5O2S. The zero-order chi connectivity index (χ0) is 23.5. The fourth-order valence-electron chi connectivity index (χ4n) is 4.04. The summed E-state index contributed by atoms with van der Waals surface area (Å²) >= 11 is 7.35. The minimum Gasteiger partial charge on any atom is -0.335 e. The SMILES string of the molecule is CCCCCCCCn1c(SCC(=O)NC(=O)NC2CCCC2)nnc1-c1ccc(Cl)cc1. The van der Waals surface area contributed by atoms with Gasteiger partial charge >= 0.3 is 6.03 Å². The van der Waals surface area contributed by atoms with Gasteiger partial charge in [-0.2, -0.15) is 0 Å². The summed E-state index contributed by atoms with van der Waals surface area (Å²) in [6.07, 6.45) is 11.3. The first-order valence-corrected chi connectivity index (χ1v) is 13.4. The first kappa shape index (κ1) is 25.6. The van der Waals surface area contributed by atoms with Crippen LogP contribution in [0.5, 0.6) is 0 Å². The van der Waals surface area contributed by atoms with Crippen LogP contribution in [-0.2, 0) is 11.3 Å². The van der Waals surface area contributed by atoms with E-state index in [1.807, 2.05) is 24.3 Å². The van der Waals surface area contributed by atoms with E-state index in [1.165, 1.54) is 37.4 Å². The number of benzene rings is 1. The van der Waals surface area contributed by atoms with Crippen LogP contribution in [0.15, 0.2) is 29.4 Å². The lowest BCUT2D eigenvalue weighted by atomic mass is 10.1. The van der Waals surface area contributed by atoms with E-state index >= 15 is 0 Å². The molecule has 1 saturated carbocycles. The molecule has 1 aromatic heterocycles. The zero-order valence-corrected chi connectivity index (χ0v) is 20.9. The van der Waals surface area contributed by atoms with Crippen molar-refractivity contribution in [3.05, 3.63) is 29.3 Å². The van der Waals surface area contributed by atoms with Gasteiger partial charge in [0, 0.05) is 23.2 Å². The molecule has 33 heavy (non-hydrogen) atoms. The number of halogens is 1. The van der Waals surface area contributed by atoms with E-state index in [0.717, 1.165) is 56.5 Å². The van der Waals surface area contributed by atoms with Crippen molar-refractivity contribution in [2.45, 2.75) is 88.9 Å². The summed E-state index contributed by atoms with van der Waals surface area (Å²) in [5, 5.41) is 15.4. The lowest BCUT2D eigenvalue weighted by molar-refractivity contribution is -0.117. The van der Waals surface area contributed by atoms with Gasteiger partial charge in [-0.15, -0.1) is 10.2 Å². The Hall–Kier alpha value is -2.06. The maximum Gasteiger partial charge on any atom is 0.321 e. The summed E-state index contributed by atoms with van der Waals surface area (Å²) in [6.45, 7) is 3.00. The Labute approximate surface area is 205 Å². The standard InChI is InChI=1S/C24H34ClN5O2S/c1-2-3-4-5-6-9-16-30-22(18-12-14-19(25)15-13-18)28-29-24(30)33-17-21(31)27-23(32)26-20-10-7-8-11-20/h12-15,20H,2-11,16-17H2,1H3,(H2,26,27,31,32). The van der Waals surface area contributed by atoms with E-state index < -0.39 is 6.03 Å². The number of hydrogen-bond acceptors (Lipinski definition) is 5. The second-order valence-corrected chi connectivity index (χ2v) is 9.90. The molecule has 1 heterocycles. The summed E-state index contributed by atoms with van der Waals surface area (Å²) in [6, 6.07) is 7.29. The highest BCUT2D eigenvalue weighted by molar-refractivity contribution is 7.99. The van der Waals surface area contributed by atoms with Crippen LogP contribution in [0.25, 0.3) is 11.4 Å². The summed E-state index contributed by atoms with van der Waals surface area (Å²) in [5.74, 6) is 0.535. The summed E-state index contributed by atoms with van der Waals surface area (Å²) in [4.78, 5) is 24.4. The molecule has 2 aromatic rings. The Kier molecular flexibility index (Phi) is 10.5. The second kappa shape index (κ2) is 13.6. The van der Waals surface area contributed by atoms with Crippen LogP contribution in [0.4, 0.5) is 4.79 Å². The molecule has 180 valence electrons. The van der Waals surface area contributed by atoms with Crippen molar-refractivity contribution in [1.29, 1.82) is 0 Å². The first-order valence-electron chi connectivity index (χ1n) is 12.0. The Balaban J connectivity index is 1.58. The van der Waals surface area contributed by atoms with Crippen LogP contribution in [0, 0.1) is 0 Å². The first-order chi connectivity index (χ1) is 16.1. The van der Waals surface area contributed by atoms with Gasteiger partial charge in [-0.1, -0.05) is 75.2 Å². The van der Waals surface area contributed by atoms with Crippen LogP contribution in [0.3, 0.4) is 0 Å². The third kappa shape index (κ3) is 8.34. The Morgan fingerprint density at radius 2 is 1.76 bits per heavy atom. The number of urea groups is 1. The Morgan fingerprint density at radius 3 is 2.48 bits per heavy atom. The summed E-state index contributed by atoms with van der Waals surface area (Å²) < 4.78 is 2.07. The molecule has 2 N–H and O–H groups in total. The van der Waals surface area contributed by atoms with Crippen molar-refractivity contribution < 1.29 is 9.59 Å². The van der Waals surface area contributed by atoms with Crippen molar-refractivity contribution in [3.63, 3.8) is 0 Å². The minimum absolute atomic E-state index is 0.105. The van der Waals surface area contributed by atoms with Crippen molar-refractivity contribution in [2.24, 2.45) is 0 Å². The van der Waals surface area contributed by atoms with Crippen molar-refractivity contribution in [1.82, 2.24) is 25.4 Å². The quantitative estimate of drug-likeness (QED) is 0.288. The van der Waals surface area contributed by atoms with Crippen molar-refractivity contribution in [3.8, 4) is 11.4 Å². The molecular weight excluding hydrogens is 458 g/mol. The highest BCUT2D eigenvalue weighted by atomic mass is 35.5. The summed E-state index contributed by atoms with van der Waals surface area (Å²) in [7, 11) is 0. The molecule has 1 aliphatic rings. The molecule has 0 unspecified atom stereocenters. The normalized spacial score (nSPS) is 13.9. The van der Waals surface area contributed by atoms with Crippen molar-refractivity contribution >= 4 is 35.3 Å². The molecule has 0 saturated heterocycles. The maximum absolute atomic E-state index is 12.3. The number of carbonyl (C=O) groups excluding carboxylic acids is 2. The lowest BCUT2D eigenvalue weighted by Gasteiger charge is -2.12. The average molecular weight is 492 g/mol. The Bertz CT molecular complexity index is 897. The van der Waals surface area contributed by atoms with E-state index in [2.05, 4.69) is 32.3 Å². The minimum atomic E-state index is -0.414.